The summed E-state index contributed by atoms with van der Waals surface area (Å²) in [6.45, 7) is 5.15. The maximum atomic E-state index is 4.27. The van der Waals surface area contributed by atoms with Gasteiger partial charge in [-0.3, -0.25) is 4.68 Å². The second-order valence-corrected chi connectivity index (χ2v) is 3.02. The molecule has 12 heavy (non-hydrogen) atoms. The Labute approximate surface area is 71.8 Å². The number of rotatable bonds is 1. The lowest BCUT2D eigenvalue weighted by atomic mass is 10.2. The number of fused-ring (bicyclic) bond motifs is 1. The third kappa shape index (κ3) is 0.998. The molecule has 0 aliphatic heterocycles. The zero-order valence-electron chi connectivity index (χ0n) is 7.41. The molecule has 0 fully saturated rings. The monoisotopic (exact) mass is 160 g/mol. The number of hydrogen-bond donors (Lipinski definition) is 0. The van der Waals surface area contributed by atoms with Crippen molar-refractivity contribution in [3.8, 4) is 0 Å². The van der Waals surface area contributed by atoms with Crippen molar-refractivity contribution in [2.24, 2.45) is 0 Å². The molecule has 2 heteroatoms. The number of nitrogens with zero attached hydrogens (tertiary/aromatic N) is 2. The van der Waals surface area contributed by atoms with Gasteiger partial charge in [0.2, 0.25) is 0 Å². The molecule has 1 heterocycles. The summed E-state index contributed by atoms with van der Waals surface area (Å²) in [5.74, 6) is 0. The largest absolute Gasteiger partial charge is 0.265 e. The fourth-order valence-corrected chi connectivity index (χ4v) is 1.43. The predicted molar refractivity (Wildman–Crippen MR) is 50.1 cm³/mol. The average Bonchev–Trinajstić information content (AvgIpc) is 2.46. The molecule has 1 aromatic heterocycles. The van der Waals surface area contributed by atoms with Gasteiger partial charge in [0.25, 0.3) is 0 Å². The van der Waals surface area contributed by atoms with E-state index in [1.165, 1.54) is 16.5 Å². The van der Waals surface area contributed by atoms with Crippen LogP contribution in [0.15, 0.2) is 24.4 Å². The summed E-state index contributed by atoms with van der Waals surface area (Å²) in [6.07, 6.45) is 1.91. The van der Waals surface area contributed by atoms with Crippen molar-refractivity contribution in [3.63, 3.8) is 0 Å². The Morgan fingerprint density at radius 1 is 1.42 bits per heavy atom. The molecule has 0 atom stereocenters. The minimum absolute atomic E-state index is 0.937. The van der Waals surface area contributed by atoms with Gasteiger partial charge in [0.05, 0.1) is 11.7 Å². The summed E-state index contributed by atoms with van der Waals surface area (Å²) in [4.78, 5) is 0. The first-order valence-corrected chi connectivity index (χ1v) is 4.23. The van der Waals surface area contributed by atoms with Crippen molar-refractivity contribution in [1.82, 2.24) is 9.78 Å². The summed E-state index contributed by atoms with van der Waals surface area (Å²) < 4.78 is 2.02. The van der Waals surface area contributed by atoms with Crippen LogP contribution in [0.2, 0.25) is 0 Å². The highest BCUT2D eigenvalue weighted by atomic mass is 15.3. The van der Waals surface area contributed by atoms with Gasteiger partial charge in [-0.05, 0) is 25.5 Å². The molecule has 0 N–H and O–H groups in total. The van der Waals surface area contributed by atoms with Crippen LogP contribution in [0.4, 0.5) is 0 Å². The summed E-state index contributed by atoms with van der Waals surface area (Å²) >= 11 is 0. The molecule has 2 aromatic rings. The summed E-state index contributed by atoms with van der Waals surface area (Å²) in [5, 5.41) is 5.50. The predicted octanol–water partition coefficient (Wildman–Crippen LogP) is 2.36. The van der Waals surface area contributed by atoms with Crippen molar-refractivity contribution in [2.45, 2.75) is 20.4 Å². The summed E-state index contributed by atoms with van der Waals surface area (Å²) in [6, 6.07) is 6.40. The van der Waals surface area contributed by atoms with Gasteiger partial charge < -0.3 is 0 Å². The summed E-state index contributed by atoms with van der Waals surface area (Å²) in [5.41, 5.74) is 2.52. The van der Waals surface area contributed by atoms with Crippen molar-refractivity contribution < 1.29 is 0 Å². The molecule has 0 saturated carbocycles. The Morgan fingerprint density at radius 3 is 3.00 bits per heavy atom. The molecule has 0 bridgehead atoms. The van der Waals surface area contributed by atoms with Crippen molar-refractivity contribution in [1.29, 1.82) is 0 Å². The Kier molecular flexibility index (Phi) is 1.61. The van der Waals surface area contributed by atoms with E-state index in [2.05, 4.69) is 37.1 Å². The van der Waals surface area contributed by atoms with Crippen molar-refractivity contribution >= 4 is 10.9 Å². The zero-order chi connectivity index (χ0) is 8.55. The number of hydrogen-bond acceptors (Lipinski definition) is 1. The fraction of sp³-hybridized carbons (Fsp3) is 0.300. The van der Waals surface area contributed by atoms with E-state index in [1.807, 2.05) is 10.9 Å². The molecule has 0 saturated heterocycles. The second kappa shape index (κ2) is 2.63. The molecule has 2 nitrogen and oxygen atoms in total. The minimum Gasteiger partial charge on any atom is -0.265 e. The molecule has 0 aliphatic rings. The fourth-order valence-electron chi connectivity index (χ4n) is 1.43. The highest BCUT2D eigenvalue weighted by Gasteiger charge is 1.99. The second-order valence-electron chi connectivity index (χ2n) is 3.02. The molecule has 0 spiro atoms. The number of benzene rings is 1. The van der Waals surface area contributed by atoms with Crippen molar-refractivity contribution in [3.05, 3.63) is 30.0 Å². The van der Waals surface area contributed by atoms with E-state index in [4.69, 9.17) is 0 Å². The van der Waals surface area contributed by atoms with Gasteiger partial charge in [-0.15, -0.1) is 0 Å². The standard InChI is InChI=1S/C10H12N2/c1-3-12-10-6-8(2)4-5-9(10)7-11-12/h4-7H,3H2,1-2H3. The average molecular weight is 160 g/mol. The molecule has 0 aliphatic carbocycles. The third-order valence-corrected chi connectivity index (χ3v) is 2.10. The van der Waals surface area contributed by atoms with Crippen LogP contribution in [0.25, 0.3) is 10.9 Å². The topological polar surface area (TPSA) is 17.8 Å². The maximum absolute atomic E-state index is 4.27. The van der Waals surface area contributed by atoms with Crippen LogP contribution < -0.4 is 0 Å². The SMILES string of the molecule is CCn1ncc2ccc(C)cc21. The molecule has 62 valence electrons. The van der Waals surface area contributed by atoms with Crippen LogP contribution in [-0.2, 0) is 6.54 Å². The van der Waals surface area contributed by atoms with E-state index in [0.717, 1.165) is 6.54 Å². The molecular weight excluding hydrogens is 148 g/mol. The van der Waals surface area contributed by atoms with Crippen LogP contribution >= 0.6 is 0 Å². The van der Waals surface area contributed by atoms with Crippen LogP contribution in [0.1, 0.15) is 12.5 Å². The Bertz CT molecular complexity index is 401. The van der Waals surface area contributed by atoms with E-state index in [9.17, 15) is 0 Å². The lowest BCUT2D eigenvalue weighted by Crippen LogP contribution is -1.94. The molecular formula is C10H12N2. The van der Waals surface area contributed by atoms with E-state index in [0.29, 0.717) is 0 Å². The van der Waals surface area contributed by atoms with Gasteiger partial charge >= 0.3 is 0 Å². The van der Waals surface area contributed by atoms with E-state index < -0.39 is 0 Å². The smallest absolute Gasteiger partial charge is 0.0684 e. The van der Waals surface area contributed by atoms with Crippen molar-refractivity contribution in [2.75, 3.05) is 0 Å². The van der Waals surface area contributed by atoms with E-state index >= 15 is 0 Å². The molecule has 0 unspecified atom stereocenters. The Hall–Kier alpha value is -1.31. The minimum atomic E-state index is 0.937. The first-order valence-electron chi connectivity index (χ1n) is 4.23. The summed E-state index contributed by atoms with van der Waals surface area (Å²) in [7, 11) is 0. The van der Waals surface area contributed by atoms with Gasteiger partial charge in [-0.1, -0.05) is 12.1 Å². The highest BCUT2D eigenvalue weighted by Crippen LogP contribution is 2.14. The van der Waals surface area contributed by atoms with Gasteiger partial charge in [-0.25, -0.2) is 0 Å². The molecule has 0 radical (unpaired) electrons. The highest BCUT2D eigenvalue weighted by molar-refractivity contribution is 5.79. The molecule has 0 amide bonds. The van der Waals surface area contributed by atoms with E-state index in [-0.39, 0.29) is 0 Å². The van der Waals surface area contributed by atoms with Gasteiger partial charge in [0.15, 0.2) is 0 Å². The molecule has 2 rings (SSSR count). The van der Waals surface area contributed by atoms with Crippen LogP contribution in [0, 0.1) is 6.92 Å². The number of aromatic nitrogens is 2. The lowest BCUT2D eigenvalue weighted by Gasteiger charge is -1.98. The van der Waals surface area contributed by atoms with Crippen LogP contribution in [0.3, 0.4) is 0 Å². The maximum Gasteiger partial charge on any atom is 0.0684 e. The normalized spacial score (nSPS) is 10.8. The van der Waals surface area contributed by atoms with E-state index in [1.54, 1.807) is 0 Å². The lowest BCUT2D eigenvalue weighted by molar-refractivity contribution is 0.684. The quantitative estimate of drug-likeness (QED) is 0.626. The first-order chi connectivity index (χ1) is 5.81. The first kappa shape index (κ1) is 7.35. The van der Waals surface area contributed by atoms with Crippen LogP contribution in [-0.4, -0.2) is 9.78 Å². The van der Waals surface area contributed by atoms with Gasteiger partial charge in [0, 0.05) is 11.9 Å². The number of aryl methyl sites for hydroxylation is 2. The van der Waals surface area contributed by atoms with Gasteiger partial charge in [0.1, 0.15) is 0 Å². The Balaban J connectivity index is 2.75. The zero-order valence-corrected chi connectivity index (χ0v) is 7.41. The molecule has 1 aromatic carbocycles. The Morgan fingerprint density at radius 2 is 2.25 bits per heavy atom. The van der Waals surface area contributed by atoms with Gasteiger partial charge in [-0.2, -0.15) is 5.10 Å². The third-order valence-electron chi connectivity index (χ3n) is 2.10. The van der Waals surface area contributed by atoms with Crippen LogP contribution in [0.5, 0.6) is 0 Å².